The number of H-pyrrole nitrogens is 1. The van der Waals surface area contributed by atoms with Crippen LogP contribution < -0.4 is 10.6 Å². The van der Waals surface area contributed by atoms with Crippen molar-refractivity contribution in [2.45, 2.75) is 32.6 Å². The minimum Gasteiger partial charge on any atom is -0.361 e. The Kier molecular flexibility index (Phi) is 6.56. The Hall–Kier alpha value is -2.01. The lowest BCUT2D eigenvalue weighted by molar-refractivity contribution is 0.213. The molecule has 26 heavy (non-hydrogen) atoms. The fourth-order valence-corrected chi connectivity index (χ4v) is 3.79. The van der Waals surface area contributed by atoms with E-state index >= 15 is 0 Å². The van der Waals surface area contributed by atoms with Crippen LogP contribution in [0.4, 0.5) is 0 Å². The van der Waals surface area contributed by atoms with Crippen LogP contribution in [0.25, 0.3) is 10.9 Å². The summed E-state index contributed by atoms with van der Waals surface area (Å²) < 4.78 is 0. The van der Waals surface area contributed by atoms with E-state index < -0.39 is 0 Å². The Bertz CT molecular complexity index is 725. The molecule has 2 heterocycles. The highest BCUT2D eigenvalue weighted by Crippen LogP contribution is 2.20. The number of rotatable bonds is 6. The van der Waals surface area contributed by atoms with E-state index in [0.717, 1.165) is 31.4 Å². The molecule has 5 nitrogen and oxygen atoms in total. The zero-order valence-corrected chi connectivity index (χ0v) is 16.4. The van der Waals surface area contributed by atoms with Gasteiger partial charge < -0.3 is 20.5 Å². The number of aromatic amines is 1. The first kappa shape index (κ1) is 18.8. The monoisotopic (exact) mass is 355 g/mol. The lowest BCUT2D eigenvalue weighted by Gasteiger charge is -2.29. The fraction of sp³-hybridized carbons (Fsp3) is 0.571. The molecule has 5 heteroatoms. The number of aliphatic imine (C=N–C) groups is 1. The number of nitrogens with one attached hydrogen (secondary N) is 3. The first-order valence-electron chi connectivity index (χ1n) is 9.85. The van der Waals surface area contributed by atoms with Crippen molar-refractivity contribution in [3.63, 3.8) is 0 Å². The number of nitrogens with zero attached hydrogens (tertiary/aromatic N) is 2. The van der Waals surface area contributed by atoms with Crippen molar-refractivity contribution in [2.75, 3.05) is 40.3 Å². The van der Waals surface area contributed by atoms with Gasteiger partial charge >= 0.3 is 0 Å². The molecule has 1 aromatic carbocycles. The molecule has 3 rings (SSSR count). The van der Waals surface area contributed by atoms with Crippen LogP contribution in [0.1, 0.15) is 30.4 Å². The molecule has 0 amide bonds. The van der Waals surface area contributed by atoms with Gasteiger partial charge in [0, 0.05) is 37.2 Å². The quantitative estimate of drug-likeness (QED) is 0.552. The average molecular weight is 356 g/mol. The van der Waals surface area contributed by atoms with Gasteiger partial charge in [-0.2, -0.15) is 0 Å². The summed E-state index contributed by atoms with van der Waals surface area (Å²) in [5, 5.41) is 8.24. The van der Waals surface area contributed by atoms with Gasteiger partial charge in [-0.1, -0.05) is 12.1 Å². The third-order valence-electron chi connectivity index (χ3n) is 5.52. The van der Waals surface area contributed by atoms with Gasteiger partial charge in [0.25, 0.3) is 0 Å². The number of hydrogen-bond donors (Lipinski definition) is 3. The van der Waals surface area contributed by atoms with Crippen LogP contribution in [0.15, 0.2) is 29.4 Å². The van der Waals surface area contributed by atoms with Crippen LogP contribution in [0.3, 0.4) is 0 Å². The Balaban J connectivity index is 1.40. The molecule has 1 aromatic heterocycles. The van der Waals surface area contributed by atoms with Gasteiger partial charge in [-0.25, -0.2) is 0 Å². The molecule has 0 aliphatic carbocycles. The number of aromatic nitrogens is 1. The lowest BCUT2D eigenvalue weighted by atomic mass is 9.94. The minimum absolute atomic E-state index is 0.853. The van der Waals surface area contributed by atoms with Gasteiger partial charge in [0.05, 0.1) is 0 Å². The maximum absolute atomic E-state index is 4.35. The summed E-state index contributed by atoms with van der Waals surface area (Å²) >= 11 is 0. The van der Waals surface area contributed by atoms with E-state index in [-0.39, 0.29) is 0 Å². The van der Waals surface area contributed by atoms with Crippen molar-refractivity contribution < 1.29 is 0 Å². The average Bonchev–Trinajstić information content (AvgIpc) is 3.04. The second-order valence-electron chi connectivity index (χ2n) is 7.57. The molecule has 3 N–H and O–H groups in total. The normalized spacial score (nSPS) is 17.0. The van der Waals surface area contributed by atoms with Gasteiger partial charge in [0.1, 0.15) is 0 Å². The first-order chi connectivity index (χ1) is 12.7. The van der Waals surface area contributed by atoms with Crippen LogP contribution in [0.2, 0.25) is 0 Å². The molecule has 0 saturated carbocycles. The van der Waals surface area contributed by atoms with Crippen molar-refractivity contribution in [2.24, 2.45) is 10.9 Å². The number of guanidine groups is 1. The Morgan fingerprint density at radius 2 is 2.00 bits per heavy atom. The molecule has 0 atom stereocenters. The number of hydrogen-bond acceptors (Lipinski definition) is 2. The summed E-state index contributed by atoms with van der Waals surface area (Å²) in [4.78, 5) is 10.2. The molecule has 0 spiro atoms. The predicted molar refractivity (Wildman–Crippen MR) is 111 cm³/mol. The summed E-state index contributed by atoms with van der Waals surface area (Å²) in [6.45, 7) is 6.49. The number of fused-ring (bicyclic) bond motifs is 1. The second-order valence-corrected chi connectivity index (χ2v) is 7.57. The van der Waals surface area contributed by atoms with Crippen molar-refractivity contribution in [3.8, 4) is 0 Å². The molecule has 0 unspecified atom stereocenters. The second kappa shape index (κ2) is 9.08. The maximum Gasteiger partial charge on any atom is 0.190 e. The van der Waals surface area contributed by atoms with E-state index in [2.05, 4.69) is 63.9 Å². The van der Waals surface area contributed by atoms with Crippen molar-refractivity contribution in [1.29, 1.82) is 0 Å². The van der Waals surface area contributed by atoms with Crippen LogP contribution in [0.5, 0.6) is 0 Å². The number of likely N-dealkylation sites (tertiary alicyclic amines) is 1. The number of benzene rings is 1. The zero-order chi connectivity index (χ0) is 18.4. The number of aryl methyl sites for hydroxylation is 1. The molecular formula is C21H33N5. The van der Waals surface area contributed by atoms with Crippen LogP contribution in [0, 0.1) is 12.8 Å². The van der Waals surface area contributed by atoms with Crippen LogP contribution in [-0.4, -0.2) is 56.1 Å². The Labute approximate surface area is 157 Å². The summed E-state index contributed by atoms with van der Waals surface area (Å²) in [7, 11) is 4.06. The molecule has 1 saturated heterocycles. The summed E-state index contributed by atoms with van der Waals surface area (Å²) in [6.07, 6.45) is 6.99. The van der Waals surface area contributed by atoms with Crippen LogP contribution >= 0.6 is 0 Å². The SMILES string of the molecule is CN=C(NCCc1c[nH]c2cc(C)ccc12)NCCC1CCN(C)CC1. The molecule has 0 radical (unpaired) electrons. The van der Waals surface area contributed by atoms with E-state index in [4.69, 9.17) is 0 Å². The van der Waals surface area contributed by atoms with Crippen molar-refractivity contribution in [3.05, 3.63) is 35.5 Å². The Morgan fingerprint density at radius 1 is 1.23 bits per heavy atom. The van der Waals surface area contributed by atoms with Gasteiger partial charge in [-0.15, -0.1) is 0 Å². The highest BCUT2D eigenvalue weighted by molar-refractivity contribution is 5.84. The number of piperidine rings is 1. The van der Waals surface area contributed by atoms with Crippen LogP contribution in [-0.2, 0) is 6.42 Å². The highest BCUT2D eigenvalue weighted by atomic mass is 15.2. The predicted octanol–water partition coefficient (Wildman–Crippen LogP) is 2.92. The van der Waals surface area contributed by atoms with Gasteiger partial charge in [-0.05, 0) is 75.9 Å². The Morgan fingerprint density at radius 3 is 2.77 bits per heavy atom. The maximum atomic E-state index is 4.35. The minimum atomic E-state index is 0.853. The largest absolute Gasteiger partial charge is 0.361 e. The molecule has 142 valence electrons. The molecular weight excluding hydrogens is 322 g/mol. The van der Waals surface area contributed by atoms with E-state index in [1.807, 2.05) is 7.05 Å². The topological polar surface area (TPSA) is 55.5 Å². The van der Waals surface area contributed by atoms with Crippen molar-refractivity contribution >= 4 is 16.9 Å². The summed E-state index contributed by atoms with van der Waals surface area (Å²) in [5.41, 5.74) is 3.87. The van der Waals surface area contributed by atoms with Crippen molar-refractivity contribution in [1.82, 2.24) is 20.5 Å². The van der Waals surface area contributed by atoms with Gasteiger partial charge in [-0.3, -0.25) is 4.99 Å². The zero-order valence-electron chi connectivity index (χ0n) is 16.4. The molecule has 1 aliphatic rings. The van der Waals surface area contributed by atoms with E-state index in [1.165, 1.54) is 54.4 Å². The standard InChI is InChI=1S/C21H33N5/c1-16-4-5-19-18(15-25-20(19)14-16)7-11-24-21(22-2)23-10-6-17-8-12-26(3)13-9-17/h4-5,14-15,17,25H,6-13H2,1-3H3,(H2,22,23,24). The third-order valence-corrected chi connectivity index (χ3v) is 5.52. The third kappa shape index (κ3) is 5.01. The van der Waals surface area contributed by atoms with E-state index in [1.54, 1.807) is 0 Å². The fourth-order valence-electron chi connectivity index (χ4n) is 3.79. The lowest BCUT2D eigenvalue weighted by Crippen LogP contribution is -2.39. The molecule has 2 aromatic rings. The molecule has 1 aliphatic heterocycles. The van der Waals surface area contributed by atoms with E-state index in [9.17, 15) is 0 Å². The highest BCUT2D eigenvalue weighted by Gasteiger charge is 2.16. The first-order valence-corrected chi connectivity index (χ1v) is 9.85. The molecule has 1 fully saturated rings. The smallest absolute Gasteiger partial charge is 0.190 e. The molecule has 0 bridgehead atoms. The van der Waals surface area contributed by atoms with Gasteiger partial charge in [0.15, 0.2) is 5.96 Å². The van der Waals surface area contributed by atoms with E-state index in [0.29, 0.717) is 0 Å². The summed E-state index contributed by atoms with van der Waals surface area (Å²) in [5.74, 6) is 1.76. The summed E-state index contributed by atoms with van der Waals surface area (Å²) in [6, 6.07) is 6.59. The van der Waals surface area contributed by atoms with Gasteiger partial charge in [0.2, 0.25) is 0 Å².